The van der Waals surface area contributed by atoms with Crippen LogP contribution in [0.3, 0.4) is 0 Å². The van der Waals surface area contributed by atoms with Crippen LogP contribution in [0.1, 0.15) is 46.8 Å². The van der Waals surface area contributed by atoms with E-state index in [-0.39, 0.29) is 34.1 Å². The Hall–Kier alpha value is -3.77. The third kappa shape index (κ3) is 4.13. The summed E-state index contributed by atoms with van der Waals surface area (Å²) in [6, 6.07) is 23.8. The van der Waals surface area contributed by atoms with Crippen molar-refractivity contribution in [2.24, 2.45) is 11.0 Å². The normalized spacial score (nSPS) is 20.7. The van der Waals surface area contributed by atoms with Gasteiger partial charge in [0, 0.05) is 17.5 Å². The van der Waals surface area contributed by atoms with E-state index in [2.05, 4.69) is 18.2 Å². The van der Waals surface area contributed by atoms with Crippen LogP contribution in [-0.4, -0.2) is 21.6 Å². The summed E-state index contributed by atoms with van der Waals surface area (Å²) in [5.74, 6) is -0.327. The van der Waals surface area contributed by atoms with E-state index in [4.69, 9.17) is 16.7 Å². The molecule has 170 valence electrons. The van der Waals surface area contributed by atoms with Crippen LogP contribution in [0, 0.1) is 16.0 Å². The summed E-state index contributed by atoms with van der Waals surface area (Å²) in [4.78, 5) is 24.5. The van der Waals surface area contributed by atoms with Crippen LogP contribution in [0.4, 0.5) is 5.69 Å². The monoisotopic (exact) mass is 471 g/mol. The second-order valence-corrected chi connectivity index (χ2v) is 8.90. The number of nitro benzene ring substituents is 1. The maximum Gasteiger partial charge on any atom is 0.288 e. The fraction of sp³-hybridized carbons (Fsp3) is 0.185. The Morgan fingerprint density at radius 1 is 1.06 bits per heavy atom. The highest BCUT2D eigenvalue weighted by Gasteiger charge is 2.44. The van der Waals surface area contributed by atoms with Crippen LogP contribution in [-0.2, 0) is 0 Å². The van der Waals surface area contributed by atoms with E-state index in [1.165, 1.54) is 23.2 Å². The third-order valence-corrected chi connectivity index (χ3v) is 6.70. The van der Waals surface area contributed by atoms with Crippen molar-refractivity contribution < 1.29 is 9.72 Å². The van der Waals surface area contributed by atoms with Crippen LogP contribution < -0.4 is 0 Å². The van der Waals surface area contributed by atoms with Gasteiger partial charge in [-0.25, -0.2) is 5.01 Å². The smallest absolute Gasteiger partial charge is 0.267 e. The number of hydrazone groups is 1. The lowest BCUT2D eigenvalue weighted by molar-refractivity contribution is -0.384. The molecule has 0 spiro atoms. The molecule has 5 rings (SSSR count). The molecule has 1 aliphatic heterocycles. The van der Waals surface area contributed by atoms with E-state index in [0.29, 0.717) is 0 Å². The molecule has 1 aliphatic carbocycles. The molecule has 3 aromatic carbocycles. The summed E-state index contributed by atoms with van der Waals surface area (Å²) in [6.45, 7) is 0. The third-order valence-electron chi connectivity index (χ3n) is 6.38. The highest BCUT2D eigenvalue weighted by Crippen LogP contribution is 2.45. The number of carbonyl (C=O) groups is 1. The van der Waals surface area contributed by atoms with Gasteiger partial charge in [-0.15, -0.1) is 0 Å². The quantitative estimate of drug-likeness (QED) is 0.314. The van der Waals surface area contributed by atoms with Crippen molar-refractivity contribution in [3.63, 3.8) is 0 Å². The molecule has 1 saturated carbocycles. The van der Waals surface area contributed by atoms with E-state index < -0.39 is 4.92 Å². The largest absolute Gasteiger partial charge is 0.288 e. The average molecular weight is 472 g/mol. The fourth-order valence-electron chi connectivity index (χ4n) is 4.82. The first-order chi connectivity index (χ1) is 16.5. The maximum atomic E-state index is 13.7. The molecule has 0 saturated heterocycles. The van der Waals surface area contributed by atoms with Crippen LogP contribution in [0.15, 0.2) is 89.5 Å². The molecule has 1 fully saturated rings. The number of amides is 1. The van der Waals surface area contributed by atoms with Crippen LogP contribution in [0.25, 0.3) is 6.08 Å². The molecule has 1 amide bonds. The Labute approximate surface area is 202 Å². The molecule has 0 aromatic heterocycles. The molecule has 2 aliphatic rings. The van der Waals surface area contributed by atoms with Gasteiger partial charge in [0.15, 0.2) is 0 Å². The highest BCUT2D eigenvalue weighted by molar-refractivity contribution is 6.32. The molecule has 34 heavy (non-hydrogen) atoms. The summed E-state index contributed by atoms with van der Waals surface area (Å²) in [5.41, 5.74) is 4.02. The van der Waals surface area contributed by atoms with Gasteiger partial charge in [0.05, 0.1) is 16.7 Å². The molecule has 1 heterocycles. The van der Waals surface area contributed by atoms with Gasteiger partial charge in [-0.1, -0.05) is 72.3 Å². The number of fused-ring (bicyclic) bond motifs is 1. The number of nitro groups is 1. The summed E-state index contributed by atoms with van der Waals surface area (Å²) < 4.78 is 0. The molecule has 2 unspecified atom stereocenters. The number of hydrogen-bond donors (Lipinski definition) is 0. The number of benzene rings is 3. The minimum Gasteiger partial charge on any atom is -0.267 e. The predicted molar refractivity (Wildman–Crippen MR) is 133 cm³/mol. The SMILES string of the molecule is O=C(c1ccc(Cl)c([N+](=O)[O-])c1)N1N=C2/C(=C\c3ccccc3)CCCC2C1c1ccccc1. The zero-order valence-electron chi connectivity index (χ0n) is 18.3. The van der Waals surface area contributed by atoms with Crippen molar-refractivity contribution in [1.29, 1.82) is 0 Å². The molecule has 6 nitrogen and oxygen atoms in total. The van der Waals surface area contributed by atoms with E-state index in [0.717, 1.165) is 41.7 Å². The van der Waals surface area contributed by atoms with Crippen molar-refractivity contribution in [3.8, 4) is 0 Å². The first kappa shape index (κ1) is 22.0. The first-order valence-corrected chi connectivity index (χ1v) is 11.6. The lowest BCUT2D eigenvalue weighted by atomic mass is 9.77. The molecular weight excluding hydrogens is 450 g/mol. The second kappa shape index (κ2) is 9.23. The lowest BCUT2D eigenvalue weighted by Crippen LogP contribution is -2.31. The van der Waals surface area contributed by atoms with Gasteiger partial charge in [-0.2, -0.15) is 5.10 Å². The summed E-state index contributed by atoms with van der Waals surface area (Å²) >= 11 is 5.97. The first-order valence-electron chi connectivity index (χ1n) is 11.2. The average Bonchev–Trinajstić information content (AvgIpc) is 3.25. The van der Waals surface area contributed by atoms with Gasteiger partial charge in [-0.3, -0.25) is 14.9 Å². The van der Waals surface area contributed by atoms with Crippen LogP contribution in [0.2, 0.25) is 5.02 Å². The summed E-state index contributed by atoms with van der Waals surface area (Å²) in [6.07, 6.45) is 4.95. The van der Waals surface area contributed by atoms with Gasteiger partial charge in [0.25, 0.3) is 11.6 Å². The minimum atomic E-state index is -0.579. The fourth-order valence-corrected chi connectivity index (χ4v) is 5.01. The Balaban J connectivity index is 1.59. The molecule has 0 radical (unpaired) electrons. The summed E-state index contributed by atoms with van der Waals surface area (Å²) in [7, 11) is 0. The molecule has 3 aromatic rings. The van der Waals surface area contributed by atoms with E-state index in [1.54, 1.807) is 0 Å². The van der Waals surface area contributed by atoms with Crippen LogP contribution >= 0.6 is 11.6 Å². The molecular formula is C27H22ClN3O3. The van der Waals surface area contributed by atoms with Crippen LogP contribution in [0.5, 0.6) is 0 Å². The second-order valence-electron chi connectivity index (χ2n) is 8.49. The van der Waals surface area contributed by atoms with Gasteiger partial charge < -0.3 is 0 Å². The van der Waals surface area contributed by atoms with Crippen molar-refractivity contribution in [1.82, 2.24) is 5.01 Å². The van der Waals surface area contributed by atoms with Gasteiger partial charge >= 0.3 is 0 Å². The maximum absolute atomic E-state index is 13.7. The Kier molecular flexibility index (Phi) is 5.99. The highest BCUT2D eigenvalue weighted by atomic mass is 35.5. The number of carbonyl (C=O) groups excluding carboxylic acids is 1. The number of allylic oxidation sites excluding steroid dienone is 1. The summed E-state index contributed by atoms with van der Waals surface area (Å²) in [5, 5.41) is 17.7. The van der Waals surface area contributed by atoms with Crippen molar-refractivity contribution >= 4 is 35.0 Å². The molecule has 2 atom stereocenters. The Bertz CT molecular complexity index is 1310. The molecule has 7 heteroatoms. The number of hydrogen-bond acceptors (Lipinski definition) is 4. The Morgan fingerprint density at radius 2 is 1.76 bits per heavy atom. The van der Waals surface area contributed by atoms with Crippen molar-refractivity contribution in [2.75, 3.05) is 0 Å². The lowest BCUT2D eigenvalue weighted by Gasteiger charge is -2.29. The van der Waals surface area contributed by atoms with Crippen molar-refractivity contribution in [2.45, 2.75) is 25.3 Å². The van der Waals surface area contributed by atoms with Gasteiger partial charge in [-0.05, 0) is 54.2 Å². The van der Waals surface area contributed by atoms with Gasteiger partial charge in [0.2, 0.25) is 0 Å². The van der Waals surface area contributed by atoms with E-state index in [9.17, 15) is 14.9 Å². The number of nitrogens with zero attached hydrogens (tertiary/aromatic N) is 3. The minimum absolute atomic E-state index is 0.00403. The number of halogens is 1. The zero-order chi connectivity index (χ0) is 23.7. The predicted octanol–water partition coefficient (Wildman–Crippen LogP) is 6.69. The molecule has 0 bridgehead atoms. The molecule has 0 N–H and O–H groups in total. The van der Waals surface area contributed by atoms with Gasteiger partial charge in [0.1, 0.15) is 5.02 Å². The van der Waals surface area contributed by atoms with E-state index >= 15 is 0 Å². The number of rotatable bonds is 4. The topological polar surface area (TPSA) is 75.8 Å². The Morgan fingerprint density at radius 3 is 2.47 bits per heavy atom. The van der Waals surface area contributed by atoms with E-state index in [1.807, 2.05) is 48.5 Å². The zero-order valence-corrected chi connectivity index (χ0v) is 19.1. The van der Waals surface area contributed by atoms with Crippen molar-refractivity contribution in [3.05, 3.63) is 116 Å². The standard InChI is InChI=1S/C27H22ClN3O3/c28-23-15-14-21(17-24(23)31(33)34)27(32)30-26(19-10-5-2-6-11-19)22-13-7-12-20(25(22)29-30)16-18-8-3-1-4-9-18/h1-6,8-11,14-17,22,26H,7,12-13H2/b20-16-.